The molecule has 0 aromatic rings. The fourth-order valence-corrected chi connectivity index (χ4v) is 1.87. The van der Waals surface area contributed by atoms with Crippen LogP contribution in [0.15, 0.2) is 11.6 Å². The molecule has 1 aliphatic rings. The van der Waals surface area contributed by atoms with E-state index in [2.05, 4.69) is 10.6 Å². The summed E-state index contributed by atoms with van der Waals surface area (Å²) < 4.78 is 0. The van der Waals surface area contributed by atoms with Crippen molar-refractivity contribution in [1.82, 2.24) is 10.6 Å². The number of allylic oxidation sites excluding steroid dienone is 1. The maximum atomic E-state index is 11.6. The molecule has 1 rings (SSSR count). The topological polar surface area (TPSA) is 41.1 Å². The Bertz CT molecular complexity index is 230. The summed E-state index contributed by atoms with van der Waals surface area (Å²) in [5.41, 5.74) is 0.835. The third-order valence-corrected chi connectivity index (χ3v) is 2.82. The number of hydrogen-bond acceptors (Lipinski definition) is 2. The van der Waals surface area contributed by atoms with E-state index in [1.807, 2.05) is 19.9 Å². The summed E-state index contributed by atoms with van der Waals surface area (Å²) in [6.45, 7) is 6.89. The van der Waals surface area contributed by atoms with Crippen LogP contribution in [0.2, 0.25) is 0 Å². The number of amides is 1. The predicted octanol–water partition coefficient (Wildman–Crippen LogP) is 1.46. The molecule has 0 aliphatic carbocycles. The molecular formula is C12H22N2O. The first-order chi connectivity index (χ1) is 7.24. The fourth-order valence-electron chi connectivity index (χ4n) is 1.87. The van der Waals surface area contributed by atoms with Gasteiger partial charge in [-0.05, 0) is 45.2 Å². The molecule has 1 heterocycles. The minimum Gasteiger partial charge on any atom is -0.352 e. The summed E-state index contributed by atoms with van der Waals surface area (Å²) in [5, 5.41) is 6.34. The Kier molecular flexibility index (Phi) is 5.40. The molecule has 0 bridgehead atoms. The van der Waals surface area contributed by atoms with E-state index in [0.29, 0.717) is 5.92 Å². The van der Waals surface area contributed by atoms with Gasteiger partial charge in [-0.2, -0.15) is 0 Å². The highest BCUT2D eigenvalue weighted by atomic mass is 16.1. The highest BCUT2D eigenvalue weighted by molar-refractivity contribution is 5.92. The van der Waals surface area contributed by atoms with E-state index in [1.165, 1.54) is 12.8 Å². The molecule has 1 aliphatic heterocycles. The molecule has 0 radical (unpaired) electrons. The summed E-state index contributed by atoms with van der Waals surface area (Å²) in [6.07, 6.45) is 5.34. The number of rotatable bonds is 4. The Morgan fingerprint density at radius 1 is 1.60 bits per heavy atom. The van der Waals surface area contributed by atoms with E-state index in [4.69, 9.17) is 0 Å². The van der Waals surface area contributed by atoms with Gasteiger partial charge in [0.25, 0.3) is 0 Å². The Hall–Kier alpha value is -0.830. The average molecular weight is 210 g/mol. The lowest BCUT2D eigenvalue weighted by Crippen LogP contribution is -2.38. The van der Waals surface area contributed by atoms with Gasteiger partial charge in [-0.25, -0.2) is 0 Å². The molecule has 0 saturated carbocycles. The largest absolute Gasteiger partial charge is 0.352 e. The van der Waals surface area contributed by atoms with Crippen LogP contribution in [0.4, 0.5) is 0 Å². The van der Waals surface area contributed by atoms with Crippen LogP contribution in [-0.2, 0) is 4.79 Å². The smallest absolute Gasteiger partial charge is 0.246 e. The molecule has 2 N–H and O–H groups in total. The van der Waals surface area contributed by atoms with Crippen LogP contribution in [0.5, 0.6) is 0 Å². The maximum Gasteiger partial charge on any atom is 0.246 e. The first-order valence-corrected chi connectivity index (χ1v) is 5.89. The second-order valence-electron chi connectivity index (χ2n) is 4.22. The molecule has 0 aromatic heterocycles. The molecule has 0 aromatic carbocycles. The van der Waals surface area contributed by atoms with E-state index in [1.54, 1.807) is 0 Å². The molecule has 86 valence electrons. The first kappa shape index (κ1) is 12.2. The van der Waals surface area contributed by atoms with Crippen molar-refractivity contribution in [3.63, 3.8) is 0 Å². The summed E-state index contributed by atoms with van der Waals surface area (Å²) in [4.78, 5) is 11.6. The third-order valence-electron chi connectivity index (χ3n) is 2.82. The minimum atomic E-state index is 0.0856. The zero-order chi connectivity index (χ0) is 11.1. The monoisotopic (exact) mass is 210 g/mol. The second kappa shape index (κ2) is 6.62. The lowest BCUT2D eigenvalue weighted by atomic mass is 10.00. The lowest BCUT2D eigenvalue weighted by Gasteiger charge is -2.22. The molecule has 1 unspecified atom stereocenters. The quantitative estimate of drug-likeness (QED) is 0.690. The number of piperidine rings is 1. The Balaban J connectivity index is 2.23. The van der Waals surface area contributed by atoms with Gasteiger partial charge in [-0.3, -0.25) is 4.79 Å². The van der Waals surface area contributed by atoms with E-state index in [9.17, 15) is 4.79 Å². The number of carbonyl (C=O) groups excluding carboxylic acids is 1. The van der Waals surface area contributed by atoms with Gasteiger partial charge >= 0.3 is 0 Å². The van der Waals surface area contributed by atoms with Crippen molar-refractivity contribution in [3.05, 3.63) is 11.6 Å². The van der Waals surface area contributed by atoms with Crippen molar-refractivity contribution < 1.29 is 4.79 Å². The summed E-state index contributed by atoms with van der Waals surface area (Å²) >= 11 is 0. The Morgan fingerprint density at radius 2 is 2.40 bits per heavy atom. The van der Waals surface area contributed by atoms with E-state index < -0.39 is 0 Å². The maximum absolute atomic E-state index is 11.6. The molecule has 3 nitrogen and oxygen atoms in total. The molecule has 1 atom stereocenters. The highest BCUT2D eigenvalue weighted by Crippen LogP contribution is 2.08. The van der Waals surface area contributed by atoms with E-state index in [-0.39, 0.29) is 5.91 Å². The van der Waals surface area contributed by atoms with Gasteiger partial charge in [0.2, 0.25) is 5.91 Å². The van der Waals surface area contributed by atoms with Gasteiger partial charge in [0.05, 0.1) is 0 Å². The van der Waals surface area contributed by atoms with Crippen molar-refractivity contribution in [2.24, 2.45) is 5.92 Å². The predicted molar refractivity (Wildman–Crippen MR) is 62.7 cm³/mol. The lowest BCUT2D eigenvalue weighted by molar-refractivity contribution is -0.117. The summed E-state index contributed by atoms with van der Waals surface area (Å²) in [5.74, 6) is 0.694. The van der Waals surface area contributed by atoms with E-state index in [0.717, 1.165) is 31.6 Å². The second-order valence-corrected chi connectivity index (χ2v) is 4.22. The zero-order valence-corrected chi connectivity index (χ0v) is 9.81. The first-order valence-electron chi connectivity index (χ1n) is 5.89. The van der Waals surface area contributed by atoms with Crippen molar-refractivity contribution in [3.8, 4) is 0 Å². The van der Waals surface area contributed by atoms with Crippen LogP contribution < -0.4 is 10.6 Å². The van der Waals surface area contributed by atoms with Gasteiger partial charge in [0.1, 0.15) is 0 Å². The van der Waals surface area contributed by atoms with Crippen LogP contribution in [-0.4, -0.2) is 25.5 Å². The number of nitrogens with one attached hydrogen (secondary N) is 2. The van der Waals surface area contributed by atoms with Gasteiger partial charge in [-0.1, -0.05) is 13.0 Å². The molecule has 1 amide bonds. The van der Waals surface area contributed by atoms with Crippen molar-refractivity contribution in [2.45, 2.75) is 33.1 Å². The number of hydrogen-bond donors (Lipinski definition) is 2. The molecular weight excluding hydrogens is 188 g/mol. The van der Waals surface area contributed by atoms with Crippen LogP contribution in [0, 0.1) is 5.92 Å². The minimum absolute atomic E-state index is 0.0856. The van der Waals surface area contributed by atoms with Crippen LogP contribution >= 0.6 is 0 Å². The van der Waals surface area contributed by atoms with Crippen molar-refractivity contribution in [2.75, 3.05) is 19.6 Å². The van der Waals surface area contributed by atoms with Gasteiger partial charge < -0.3 is 10.6 Å². The van der Waals surface area contributed by atoms with E-state index >= 15 is 0 Å². The average Bonchev–Trinajstić information content (AvgIpc) is 2.27. The standard InChI is InChI=1S/C12H22N2O/c1-3-5-10(2)12(15)14-9-11-6-4-7-13-8-11/h5,11,13H,3-4,6-9H2,1-2H3,(H,14,15)/b10-5+. The van der Waals surface area contributed by atoms with Gasteiger partial charge in [0, 0.05) is 12.1 Å². The Morgan fingerprint density at radius 3 is 3.00 bits per heavy atom. The SMILES string of the molecule is CC/C=C(\C)C(=O)NCC1CCCNC1. The summed E-state index contributed by atoms with van der Waals surface area (Å²) in [7, 11) is 0. The third kappa shape index (κ3) is 4.47. The molecule has 15 heavy (non-hydrogen) atoms. The number of carbonyl (C=O) groups is 1. The fraction of sp³-hybridized carbons (Fsp3) is 0.750. The summed E-state index contributed by atoms with van der Waals surface area (Å²) in [6, 6.07) is 0. The van der Waals surface area contributed by atoms with Gasteiger partial charge in [0.15, 0.2) is 0 Å². The highest BCUT2D eigenvalue weighted by Gasteiger charge is 2.13. The van der Waals surface area contributed by atoms with Crippen LogP contribution in [0.25, 0.3) is 0 Å². The molecule has 3 heteroatoms. The molecule has 1 fully saturated rings. The normalized spacial score (nSPS) is 22.5. The zero-order valence-electron chi connectivity index (χ0n) is 9.81. The molecule has 1 saturated heterocycles. The Labute approximate surface area is 92.3 Å². The molecule has 0 spiro atoms. The van der Waals surface area contributed by atoms with Crippen molar-refractivity contribution in [1.29, 1.82) is 0 Å². The van der Waals surface area contributed by atoms with Crippen molar-refractivity contribution >= 4 is 5.91 Å². The van der Waals surface area contributed by atoms with Gasteiger partial charge in [-0.15, -0.1) is 0 Å². The van der Waals surface area contributed by atoms with Crippen LogP contribution in [0.1, 0.15) is 33.1 Å². The van der Waals surface area contributed by atoms with Crippen LogP contribution in [0.3, 0.4) is 0 Å².